The summed E-state index contributed by atoms with van der Waals surface area (Å²) in [7, 11) is 0. The van der Waals surface area contributed by atoms with Crippen molar-refractivity contribution in [3.05, 3.63) is 63.6 Å². The van der Waals surface area contributed by atoms with Gasteiger partial charge in [0.1, 0.15) is 6.42 Å². The molecule has 0 unspecified atom stereocenters. The number of carbonyl (C=O) groups excluding carboxylic acids is 2. The van der Waals surface area contributed by atoms with E-state index in [2.05, 4.69) is 26.6 Å². The molecule has 23 heavy (non-hydrogen) atoms. The molecule has 0 saturated heterocycles. The quantitative estimate of drug-likeness (QED) is 0.783. The van der Waals surface area contributed by atoms with Crippen LogP contribution in [0.1, 0.15) is 23.1 Å². The number of halogens is 1. The van der Waals surface area contributed by atoms with Gasteiger partial charge in [-0.2, -0.15) is 0 Å². The fourth-order valence-corrected chi connectivity index (χ4v) is 2.72. The van der Waals surface area contributed by atoms with Crippen LogP contribution in [0.5, 0.6) is 0 Å². The maximum absolute atomic E-state index is 11.9. The van der Waals surface area contributed by atoms with Gasteiger partial charge in [-0.15, -0.1) is 0 Å². The maximum atomic E-state index is 11.9. The molecule has 0 atom stereocenters. The molecule has 0 aromatic heterocycles. The Kier molecular flexibility index (Phi) is 5.93. The van der Waals surface area contributed by atoms with Gasteiger partial charge in [-0.25, -0.2) is 0 Å². The molecule has 2 rings (SSSR count). The van der Waals surface area contributed by atoms with Gasteiger partial charge in [0, 0.05) is 11.0 Å². The number of rotatable bonds is 5. The normalized spacial score (nSPS) is 10.2. The second-order valence-electron chi connectivity index (χ2n) is 5.41. The largest absolute Gasteiger partial charge is 0.352 e. The summed E-state index contributed by atoms with van der Waals surface area (Å²) < 4.78 is 0.797. The number of hydrogen-bond acceptors (Lipinski definition) is 2. The van der Waals surface area contributed by atoms with Crippen molar-refractivity contribution in [2.45, 2.75) is 26.8 Å². The average molecular weight is 375 g/mol. The lowest BCUT2D eigenvalue weighted by molar-refractivity contribution is -0.126. The molecule has 0 aliphatic carbocycles. The highest BCUT2D eigenvalue weighted by Crippen LogP contribution is 2.23. The van der Waals surface area contributed by atoms with E-state index in [0.29, 0.717) is 12.2 Å². The van der Waals surface area contributed by atoms with E-state index in [1.165, 1.54) is 0 Å². The number of carbonyl (C=O) groups is 2. The van der Waals surface area contributed by atoms with Crippen LogP contribution in [0.15, 0.2) is 46.9 Å². The van der Waals surface area contributed by atoms with E-state index in [-0.39, 0.29) is 18.2 Å². The predicted molar refractivity (Wildman–Crippen MR) is 95.2 cm³/mol. The molecular weight excluding hydrogens is 356 g/mol. The molecule has 2 aromatic rings. The van der Waals surface area contributed by atoms with Crippen molar-refractivity contribution in [3.8, 4) is 0 Å². The monoisotopic (exact) mass is 374 g/mol. The van der Waals surface area contributed by atoms with Gasteiger partial charge >= 0.3 is 0 Å². The molecule has 0 heterocycles. The SMILES string of the molecule is Cc1ccc(NC(=O)CC(=O)NCc2ccccc2C)c(Br)c1. The van der Waals surface area contributed by atoms with Gasteiger partial charge in [-0.3, -0.25) is 9.59 Å². The second-order valence-corrected chi connectivity index (χ2v) is 6.27. The maximum Gasteiger partial charge on any atom is 0.233 e. The fourth-order valence-electron chi connectivity index (χ4n) is 2.13. The van der Waals surface area contributed by atoms with Crippen LogP contribution in [-0.2, 0) is 16.1 Å². The molecule has 0 aliphatic rings. The standard InChI is InChI=1S/C18H19BrN2O2/c1-12-7-8-16(15(19)9-12)21-18(23)10-17(22)20-11-14-6-4-3-5-13(14)2/h3-9H,10-11H2,1-2H3,(H,20,22)(H,21,23). The molecule has 4 nitrogen and oxygen atoms in total. The molecule has 2 amide bonds. The van der Waals surface area contributed by atoms with Crippen molar-refractivity contribution in [2.75, 3.05) is 5.32 Å². The lowest BCUT2D eigenvalue weighted by Gasteiger charge is -2.09. The van der Waals surface area contributed by atoms with Crippen LogP contribution in [0, 0.1) is 13.8 Å². The van der Waals surface area contributed by atoms with E-state index in [9.17, 15) is 9.59 Å². The summed E-state index contributed by atoms with van der Waals surface area (Å²) in [6.45, 7) is 4.38. The minimum Gasteiger partial charge on any atom is -0.352 e. The highest BCUT2D eigenvalue weighted by molar-refractivity contribution is 9.10. The van der Waals surface area contributed by atoms with Crippen LogP contribution in [0.3, 0.4) is 0 Å². The number of hydrogen-bond donors (Lipinski definition) is 2. The fraction of sp³-hybridized carbons (Fsp3) is 0.222. The Morgan fingerprint density at radius 1 is 1.04 bits per heavy atom. The summed E-state index contributed by atoms with van der Waals surface area (Å²) in [6.07, 6.45) is -0.202. The molecule has 0 spiro atoms. The Hall–Kier alpha value is -2.14. The second kappa shape index (κ2) is 7.92. The molecule has 0 aliphatic heterocycles. The minimum absolute atomic E-state index is 0.202. The first kappa shape index (κ1) is 17.2. The van der Waals surface area contributed by atoms with E-state index >= 15 is 0 Å². The molecular formula is C18H19BrN2O2. The third-order valence-electron chi connectivity index (χ3n) is 3.46. The van der Waals surface area contributed by atoms with E-state index in [1.807, 2.05) is 56.3 Å². The summed E-state index contributed by atoms with van der Waals surface area (Å²) >= 11 is 3.40. The zero-order valence-electron chi connectivity index (χ0n) is 13.2. The third-order valence-corrected chi connectivity index (χ3v) is 4.11. The van der Waals surface area contributed by atoms with Gasteiger partial charge in [0.05, 0.1) is 5.69 Å². The van der Waals surface area contributed by atoms with Crippen LogP contribution < -0.4 is 10.6 Å². The highest BCUT2D eigenvalue weighted by atomic mass is 79.9. The van der Waals surface area contributed by atoms with Gasteiger partial charge in [-0.1, -0.05) is 30.3 Å². The van der Waals surface area contributed by atoms with Crippen molar-refractivity contribution < 1.29 is 9.59 Å². The average Bonchev–Trinajstić information content (AvgIpc) is 2.49. The first-order chi connectivity index (χ1) is 11.0. The molecule has 0 bridgehead atoms. The zero-order chi connectivity index (χ0) is 16.8. The summed E-state index contributed by atoms with van der Waals surface area (Å²) in [6, 6.07) is 13.4. The van der Waals surface area contributed by atoms with Crippen LogP contribution in [0.4, 0.5) is 5.69 Å². The van der Waals surface area contributed by atoms with Crippen molar-refractivity contribution in [1.82, 2.24) is 5.32 Å². The summed E-state index contributed by atoms with van der Waals surface area (Å²) in [5, 5.41) is 5.50. The van der Waals surface area contributed by atoms with Crippen molar-refractivity contribution >= 4 is 33.4 Å². The molecule has 5 heteroatoms. The van der Waals surface area contributed by atoms with Crippen molar-refractivity contribution in [2.24, 2.45) is 0 Å². The zero-order valence-corrected chi connectivity index (χ0v) is 14.7. The highest BCUT2D eigenvalue weighted by Gasteiger charge is 2.11. The summed E-state index contributed by atoms with van der Waals surface area (Å²) in [5.41, 5.74) is 3.90. The van der Waals surface area contributed by atoms with E-state index < -0.39 is 0 Å². The van der Waals surface area contributed by atoms with Gasteiger partial charge in [0.25, 0.3) is 0 Å². The van der Waals surface area contributed by atoms with Crippen LogP contribution in [0.2, 0.25) is 0 Å². The van der Waals surface area contributed by atoms with Gasteiger partial charge in [0.2, 0.25) is 11.8 Å². The van der Waals surface area contributed by atoms with Crippen LogP contribution >= 0.6 is 15.9 Å². The van der Waals surface area contributed by atoms with E-state index in [4.69, 9.17) is 0 Å². The van der Waals surface area contributed by atoms with Crippen molar-refractivity contribution in [1.29, 1.82) is 0 Å². The van der Waals surface area contributed by atoms with Gasteiger partial charge in [0.15, 0.2) is 0 Å². The number of aryl methyl sites for hydroxylation is 2. The molecule has 0 radical (unpaired) electrons. The molecule has 0 fully saturated rings. The van der Waals surface area contributed by atoms with E-state index in [0.717, 1.165) is 21.2 Å². The molecule has 120 valence electrons. The Labute approximate surface area is 144 Å². The Bertz CT molecular complexity index is 729. The predicted octanol–water partition coefficient (Wildman–Crippen LogP) is 3.71. The van der Waals surface area contributed by atoms with E-state index in [1.54, 1.807) is 0 Å². The lowest BCUT2D eigenvalue weighted by Crippen LogP contribution is -2.28. The molecule has 2 N–H and O–H groups in total. The Balaban J connectivity index is 1.85. The Morgan fingerprint density at radius 3 is 2.48 bits per heavy atom. The molecule has 0 saturated carbocycles. The first-order valence-electron chi connectivity index (χ1n) is 7.33. The number of anilines is 1. The molecule has 2 aromatic carbocycles. The minimum atomic E-state index is -0.336. The number of amides is 2. The lowest BCUT2D eigenvalue weighted by atomic mass is 10.1. The van der Waals surface area contributed by atoms with Crippen LogP contribution in [-0.4, -0.2) is 11.8 Å². The number of benzene rings is 2. The number of nitrogens with one attached hydrogen (secondary N) is 2. The smallest absolute Gasteiger partial charge is 0.233 e. The summed E-state index contributed by atoms with van der Waals surface area (Å²) in [5.74, 6) is -0.633. The topological polar surface area (TPSA) is 58.2 Å². The van der Waals surface area contributed by atoms with Gasteiger partial charge in [-0.05, 0) is 58.6 Å². The summed E-state index contributed by atoms with van der Waals surface area (Å²) in [4.78, 5) is 23.8. The van der Waals surface area contributed by atoms with Crippen LogP contribution in [0.25, 0.3) is 0 Å². The van der Waals surface area contributed by atoms with Gasteiger partial charge < -0.3 is 10.6 Å². The van der Waals surface area contributed by atoms with Crippen molar-refractivity contribution in [3.63, 3.8) is 0 Å². The first-order valence-corrected chi connectivity index (χ1v) is 8.12. The third kappa shape index (κ3) is 5.21. The Morgan fingerprint density at radius 2 is 1.78 bits per heavy atom.